The molecule has 0 rings (SSSR count). The molecule has 0 saturated heterocycles. The first-order valence-corrected chi connectivity index (χ1v) is 8.58. The molecule has 0 saturated carbocycles. The summed E-state index contributed by atoms with van der Waals surface area (Å²) in [6.45, 7) is 21.7. The molecule has 0 fully saturated rings. The second kappa shape index (κ2) is 9.04. The molecule has 2 nitrogen and oxygen atoms in total. The third kappa shape index (κ3) is 7.08. The number of nitrogens with zero attached hydrogens (tertiary/aromatic N) is 1. The molecule has 0 aliphatic rings. The topological polar surface area (TPSA) is 29.3 Å². The van der Waals surface area contributed by atoms with Crippen LogP contribution in [-0.4, -0.2) is 30.1 Å². The van der Waals surface area contributed by atoms with Crippen LogP contribution in [0.2, 0.25) is 0 Å². The van der Waals surface area contributed by atoms with E-state index in [9.17, 15) is 0 Å². The monoisotopic (exact) mass is 284 g/mol. The van der Waals surface area contributed by atoms with Crippen molar-refractivity contribution >= 4 is 0 Å². The molecule has 0 radical (unpaired) electrons. The minimum atomic E-state index is 0.177. The van der Waals surface area contributed by atoms with Crippen molar-refractivity contribution in [3.05, 3.63) is 0 Å². The highest BCUT2D eigenvalue weighted by Gasteiger charge is 2.37. The number of rotatable bonds is 10. The maximum Gasteiger partial charge on any atom is 0.0336 e. The van der Waals surface area contributed by atoms with Gasteiger partial charge in [-0.3, -0.25) is 4.90 Å². The lowest BCUT2D eigenvalue weighted by Gasteiger charge is -2.47. The molecule has 2 heteroatoms. The summed E-state index contributed by atoms with van der Waals surface area (Å²) in [5.74, 6) is 2.77. The van der Waals surface area contributed by atoms with Crippen LogP contribution in [-0.2, 0) is 0 Å². The Morgan fingerprint density at radius 3 is 1.25 bits per heavy atom. The molecule has 0 aromatic rings. The summed E-state index contributed by atoms with van der Waals surface area (Å²) in [5, 5.41) is 0. The van der Waals surface area contributed by atoms with Crippen LogP contribution in [0.5, 0.6) is 0 Å². The fourth-order valence-corrected chi connectivity index (χ4v) is 3.50. The van der Waals surface area contributed by atoms with Crippen LogP contribution < -0.4 is 5.73 Å². The third-order valence-electron chi connectivity index (χ3n) is 3.80. The van der Waals surface area contributed by atoms with Crippen molar-refractivity contribution in [3.63, 3.8) is 0 Å². The molecule has 0 bridgehead atoms. The fourth-order valence-electron chi connectivity index (χ4n) is 3.50. The summed E-state index contributed by atoms with van der Waals surface area (Å²) in [5.41, 5.74) is 6.49. The SMILES string of the molecule is CC(C)CN(CC(C)C)C(CN)(CC(C)C)CC(C)C. The van der Waals surface area contributed by atoms with Gasteiger partial charge in [-0.2, -0.15) is 0 Å². The normalized spacial score (nSPS) is 13.5. The molecule has 20 heavy (non-hydrogen) atoms. The van der Waals surface area contributed by atoms with Gasteiger partial charge in [0.15, 0.2) is 0 Å². The lowest BCUT2D eigenvalue weighted by atomic mass is 9.79. The van der Waals surface area contributed by atoms with E-state index in [0.717, 1.165) is 19.6 Å². The molecule has 0 aliphatic carbocycles. The summed E-state index contributed by atoms with van der Waals surface area (Å²) in [4.78, 5) is 2.71. The Balaban J connectivity index is 5.33. The molecule has 0 aromatic carbocycles. The van der Waals surface area contributed by atoms with Gasteiger partial charge in [-0.25, -0.2) is 0 Å². The Hall–Kier alpha value is -0.0800. The van der Waals surface area contributed by atoms with E-state index in [2.05, 4.69) is 60.3 Å². The van der Waals surface area contributed by atoms with Crippen LogP contribution in [0.25, 0.3) is 0 Å². The molecule has 0 aromatic heterocycles. The quantitative estimate of drug-likeness (QED) is 0.644. The zero-order valence-electron chi connectivity index (χ0n) is 15.4. The van der Waals surface area contributed by atoms with Crippen molar-refractivity contribution in [1.29, 1.82) is 0 Å². The van der Waals surface area contributed by atoms with Gasteiger partial charge in [-0.1, -0.05) is 55.4 Å². The molecule has 0 atom stereocenters. The smallest absolute Gasteiger partial charge is 0.0336 e. The minimum Gasteiger partial charge on any atom is -0.329 e. The van der Waals surface area contributed by atoms with Gasteiger partial charge in [0.05, 0.1) is 0 Å². The highest BCUT2D eigenvalue weighted by molar-refractivity contribution is 4.94. The van der Waals surface area contributed by atoms with Crippen molar-refractivity contribution in [3.8, 4) is 0 Å². The van der Waals surface area contributed by atoms with Crippen LogP contribution in [0, 0.1) is 23.7 Å². The maximum atomic E-state index is 6.32. The second-order valence-electron chi connectivity index (χ2n) is 8.32. The van der Waals surface area contributed by atoms with Gasteiger partial charge < -0.3 is 5.73 Å². The van der Waals surface area contributed by atoms with Crippen LogP contribution >= 0.6 is 0 Å². The number of hydrogen-bond donors (Lipinski definition) is 1. The van der Waals surface area contributed by atoms with E-state index in [0.29, 0.717) is 23.7 Å². The molecule has 122 valence electrons. The molecular formula is C18H40N2. The predicted octanol–water partition coefficient (Wildman–Crippen LogP) is 4.39. The van der Waals surface area contributed by atoms with Crippen LogP contribution in [0.15, 0.2) is 0 Å². The van der Waals surface area contributed by atoms with Crippen LogP contribution in [0.4, 0.5) is 0 Å². The summed E-state index contributed by atoms with van der Waals surface area (Å²) in [7, 11) is 0. The maximum absolute atomic E-state index is 6.32. The molecule has 0 unspecified atom stereocenters. The Morgan fingerprint density at radius 1 is 0.700 bits per heavy atom. The lowest BCUT2D eigenvalue weighted by molar-refractivity contribution is 0.0331. The zero-order valence-corrected chi connectivity index (χ0v) is 15.4. The van der Waals surface area contributed by atoms with E-state index in [1.165, 1.54) is 12.8 Å². The Morgan fingerprint density at radius 2 is 1.05 bits per heavy atom. The van der Waals surface area contributed by atoms with Gasteiger partial charge in [0.1, 0.15) is 0 Å². The standard InChI is InChI=1S/C18H40N2/c1-14(2)9-18(13-19,10-15(3)4)20(11-16(5)6)12-17(7)8/h14-17H,9-13,19H2,1-8H3. The fraction of sp³-hybridized carbons (Fsp3) is 1.00. The first-order valence-electron chi connectivity index (χ1n) is 8.58. The highest BCUT2D eigenvalue weighted by atomic mass is 15.2. The first kappa shape index (κ1) is 19.9. The lowest BCUT2D eigenvalue weighted by Crippen LogP contribution is -2.57. The van der Waals surface area contributed by atoms with E-state index in [-0.39, 0.29) is 5.54 Å². The summed E-state index contributed by atoms with van der Waals surface area (Å²) >= 11 is 0. The van der Waals surface area contributed by atoms with Crippen LogP contribution in [0.3, 0.4) is 0 Å². The molecule has 0 heterocycles. The van der Waals surface area contributed by atoms with Crippen molar-refractivity contribution in [2.75, 3.05) is 19.6 Å². The Kier molecular flexibility index (Phi) is 9.01. The van der Waals surface area contributed by atoms with Crippen molar-refractivity contribution in [2.24, 2.45) is 29.4 Å². The molecule has 2 N–H and O–H groups in total. The largest absolute Gasteiger partial charge is 0.329 e. The van der Waals surface area contributed by atoms with E-state index >= 15 is 0 Å². The van der Waals surface area contributed by atoms with Gasteiger partial charge in [0.2, 0.25) is 0 Å². The molecule has 0 aliphatic heterocycles. The molecule has 0 spiro atoms. The third-order valence-corrected chi connectivity index (χ3v) is 3.80. The van der Waals surface area contributed by atoms with Crippen LogP contribution in [0.1, 0.15) is 68.2 Å². The molecular weight excluding hydrogens is 244 g/mol. The predicted molar refractivity (Wildman–Crippen MR) is 91.9 cm³/mol. The summed E-state index contributed by atoms with van der Waals surface area (Å²) < 4.78 is 0. The van der Waals surface area contributed by atoms with E-state index in [4.69, 9.17) is 5.73 Å². The number of hydrogen-bond acceptors (Lipinski definition) is 2. The average Bonchev–Trinajstić information content (AvgIpc) is 2.24. The Bertz CT molecular complexity index is 224. The van der Waals surface area contributed by atoms with Gasteiger partial charge in [0, 0.05) is 25.2 Å². The van der Waals surface area contributed by atoms with Crippen molar-refractivity contribution in [1.82, 2.24) is 4.90 Å². The minimum absolute atomic E-state index is 0.177. The second-order valence-corrected chi connectivity index (χ2v) is 8.32. The van der Waals surface area contributed by atoms with E-state index in [1.807, 2.05) is 0 Å². The van der Waals surface area contributed by atoms with Gasteiger partial charge in [0.25, 0.3) is 0 Å². The summed E-state index contributed by atoms with van der Waals surface area (Å²) in [6, 6.07) is 0. The highest BCUT2D eigenvalue weighted by Crippen LogP contribution is 2.32. The molecule has 0 amide bonds. The number of nitrogens with two attached hydrogens (primary N) is 1. The summed E-state index contributed by atoms with van der Waals surface area (Å²) in [6.07, 6.45) is 2.42. The van der Waals surface area contributed by atoms with E-state index < -0.39 is 0 Å². The van der Waals surface area contributed by atoms with E-state index in [1.54, 1.807) is 0 Å². The van der Waals surface area contributed by atoms with Crippen molar-refractivity contribution in [2.45, 2.75) is 73.8 Å². The Labute approximate surface area is 128 Å². The average molecular weight is 285 g/mol. The van der Waals surface area contributed by atoms with Crippen molar-refractivity contribution < 1.29 is 0 Å². The van der Waals surface area contributed by atoms with Gasteiger partial charge in [-0.05, 0) is 36.5 Å². The first-order chi connectivity index (χ1) is 9.12. The van der Waals surface area contributed by atoms with Gasteiger partial charge >= 0.3 is 0 Å². The van der Waals surface area contributed by atoms with Gasteiger partial charge in [-0.15, -0.1) is 0 Å². The zero-order chi connectivity index (χ0) is 15.9.